The van der Waals surface area contributed by atoms with Crippen molar-refractivity contribution >= 4 is 11.6 Å². The second-order valence-corrected chi connectivity index (χ2v) is 7.92. The number of aromatic amines is 1. The van der Waals surface area contributed by atoms with Crippen LogP contribution in [-0.4, -0.2) is 62.5 Å². The molecule has 140 valence electrons. The lowest BCUT2D eigenvalue weighted by Gasteiger charge is -2.23. The average Bonchev–Trinajstić information content (AvgIpc) is 3.37. The molecule has 1 aliphatic carbocycles. The van der Waals surface area contributed by atoms with E-state index in [1.165, 1.54) is 18.9 Å². The molecule has 2 aromatic rings. The molecule has 0 bridgehead atoms. The molecule has 26 heavy (non-hydrogen) atoms. The fraction of sp³-hybridized carbons (Fsp3) is 0.632. The zero-order valence-electron chi connectivity index (χ0n) is 15.8. The van der Waals surface area contributed by atoms with Crippen LogP contribution in [0.2, 0.25) is 0 Å². The molecule has 1 aliphatic heterocycles. The maximum atomic E-state index is 13.0. The number of nitrogens with one attached hydrogen (secondary N) is 1. The van der Waals surface area contributed by atoms with Gasteiger partial charge >= 0.3 is 0 Å². The third kappa shape index (κ3) is 3.28. The van der Waals surface area contributed by atoms with Crippen LogP contribution in [0.3, 0.4) is 0 Å². The first-order valence-electron chi connectivity index (χ1n) is 9.52. The number of rotatable bonds is 3. The van der Waals surface area contributed by atoms with Crippen LogP contribution in [0, 0.1) is 19.8 Å². The highest BCUT2D eigenvalue weighted by Crippen LogP contribution is 2.28. The summed E-state index contributed by atoms with van der Waals surface area (Å²) in [5, 5.41) is 2.76. The van der Waals surface area contributed by atoms with Crippen molar-refractivity contribution in [2.45, 2.75) is 46.1 Å². The molecule has 1 N–H and O–H groups in total. The van der Waals surface area contributed by atoms with Crippen molar-refractivity contribution in [3.8, 4) is 0 Å². The van der Waals surface area contributed by atoms with Crippen LogP contribution in [0.1, 0.15) is 36.7 Å². The number of H-pyrrole nitrogens is 1. The quantitative estimate of drug-likeness (QED) is 0.894. The Morgan fingerprint density at radius 2 is 2.04 bits per heavy atom. The highest BCUT2D eigenvalue weighted by molar-refractivity contribution is 5.79. The van der Waals surface area contributed by atoms with E-state index in [4.69, 9.17) is 0 Å². The summed E-state index contributed by atoms with van der Waals surface area (Å²) in [6.07, 6.45) is 2.94. The van der Waals surface area contributed by atoms with Gasteiger partial charge in [-0.2, -0.15) is 0 Å². The summed E-state index contributed by atoms with van der Waals surface area (Å²) in [5.74, 6) is 0.641. The predicted molar refractivity (Wildman–Crippen MR) is 99.3 cm³/mol. The molecule has 1 amide bonds. The van der Waals surface area contributed by atoms with Crippen molar-refractivity contribution in [3.05, 3.63) is 33.4 Å². The smallest absolute Gasteiger partial charge is 0.266 e. The van der Waals surface area contributed by atoms with Crippen LogP contribution in [0.5, 0.6) is 0 Å². The summed E-state index contributed by atoms with van der Waals surface area (Å²) in [7, 11) is 0. The molecule has 1 unspecified atom stereocenters. The van der Waals surface area contributed by atoms with E-state index in [1.807, 2.05) is 18.7 Å². The summed E-state index contributed by atoms with van der Waals surface area (Å²) >= 11 is 0. The highest BCUT2D eigenvalue weighted by Gasteiger charge is 2.33. The third-order valence-corrected chi connectivity index (χ3v) is 5.68. The van der Waals surface area contributed by atoms with E-state index in [-0.39, 0.29) is 11.5 Å². The van der Waals surface area contributed by atoms with Crippen LogP contribution in [0.15, 0.2) is 10.9 Å². The van der Waals surface area contributed by atoms with Crippen LogP contribution < -0.4 is 5.56 Å². The highest BCUT2D eigenvalue weighted by atomic mass is 16.2. The Bertz CT molecular complexity index is 895. The molecule has 3 heterocycles. The maximum absolute atomic E-state index is 13.0. The average molecular weight is 357 g/mol. The van der Waals surface area contributed by atoms with Gasteiger partial charge < -0.3 is 4.90 Å². The molecule has 1 atom stereocenters. The molecule has 0 aromatic carbocycles. The minimum atomic E-state index is -0.176. The molecule has 2 aliphatic rings. The molecule has 7 heteroatoms. The zero-order chi connectivity index (χ0) is 18.4. The molecular formula is C19H27N5O2. The number of fused-ring (bicyclic) bond motifs is 1. The molecule has 2 aromatic heterocycles. The summed E-state index contributed by atoms with van der Waals surface area (Å²) in [4.78, 5) is 33.6. The lowest BCUT2D eigenvalue weighted by Crippen LogP contribution is -2.37. The second kappa shape index (κ2) is 6.54. The van der Waals surface area contributed by atoms with Gasteiger partial charge in [0.15, 0.2) is 5.65 Å². The minimum Gasteiger partial charge on any atom is -0.341 e. The van der Waals surface area contributed by atoms with Gasteiger partial charge in [-0.3, -0.25) is 19.6 Å². The fourth-order valence-electron chi connectivity index (χ4n) is 4.14. The summed E-state index contributed by atoms with van der Waals surface area (Å²) in [5.41, 5.74) is 3.03. The van der Waals surface area contributed by atoms with Gasteiger partial charge in [-0.25, -0.2) is 9.50 Å². The molecule has 0 spiro atoms. The van der Waals surface area contributed by atoms with Gasteiger partial charge in [0, 0.05) is 55.2 Å². The Hall–Kier alpha value is -2.15. The van der Waals surface area contributed by atoms with Crippen LogP contribution in [-0.2, 0) is 11.2 Å². The van der Waals surface area contributed by atoms with E-state index < -0.39 is 0 Å². The lowest BCUT2D eigenvalue weighted by atomic mass is 10.1. The normalized spacial score (nSPS) is 22.0. The number of amides is 1. The van der Waals surface area contributed by atoms with Crippen molar-refractivity contribution in [1.29, 1.82) is 0 Å². The SMILES string of the molecule is Cc1nc2cc(=O)[nH]n2c(C)c1CC(=O)N1CCN(C2CC2)CC(C)C1. The summed E-state index contributed by atoms with van der Waals surface area (Å²) in [6, 6.07) is 2.23. The van der Waals surface area contributed by atoms with Crippen LogP contribution in [0.25, 0.3) is 5.65 Å². The van der Waals surface area contributed by atoms with Crippen molar-refractivity contribution in [3.63, 3.8) is 0 Å². The molecule has 7 nitrogen and oxygen atoms in total. The van der Waals surface area contributed by atoms with Crippen LogP contribution in [0.4, 0.5) is 0 Å². The Labute approximate surface area is 153 Å². The van der Waals surface area contributed by atoms with Gasteiger partial charge in [-0.1, -0.05) is 6.92 Å². The Kier molecular flexibility index (Phi) is 4.34. The Morgan fingerprint density at radius 1 is 1.27 bits per heavy atom. The fourth-order valence-corrected chi connectivity index (χ4v) is 4.14. The van der Waals surface area contributed by atoms with Gasteiger partial charge in [0.25, 0.3) is 5.56 Å². The molecule has 1 saturated carbocycles. The molecular weight excluding hydrogens is 330 g/mol. The van der Waals surface area contributed by atoms with Crippen molar-refractivity contribution in [2.75, 3.05) is 26.2 Å². The standard InChI is InChI=1S/C19H27N5O2/c1-12-10-22(15-4-5-15)6-7-23(11-12)19(26)8-16-13(2)20-17-9-18(25)21-24(17)14(16)3/h9,12,15H,4-8,10-11H2,1-3H3,(H,21,25). The summed E-state index contributed by atoms with van der Waals surface area (Å²) in [6.45, 7) is 9.75. The van der Waals surface area contributed by atoms with Gasteiger partial charge in [-0.05, 0) is 32.6 Å². The van der Waals surface area contributed by atoms with E-state index in [0.29, 0.717) is 18.0 Å². The monoisotopic (exact) mass is 357 g/mol. The van der Waals surface area contributed by atoms with Crippen molar-refractivity contribution in [1.82, 2.24) is 24.4 Å². The van der Waals surface area contributed by atoms with E-state index in [1.54, 1.807) is 4.52 Å². The molecule has 0 radical (unpaired) electrons. The third-order valence-electron chi connectivity index (χ3n) is 5.68. The van der Waals surface area contributed by atoms with E-state index >= 15 is 0 Å². The van der Waals surface area contributed by atoms with Gasteiger partial charge in [0.05, 0.1) is 6.42 Å². The number of carbonyl (C=O) groups is 1. The Morgan fingerprint density at radius 3 is 2.77 bits per heavy atom. The van der Waals surface area contributed by atoms with Gasteiger partial charge in [0.2, 0.25) is 5.91 Å². The number of aromatic nitrogens is 3. The van der Waals surface area contributed by atoms with Gasteiger partial charge in [-0.15, -0.1) is 0 Å². The number of aryl methyl sites for hydroxylation is 2. The largest absolute Gasteiger partial charge is 0.341 e. The summed E-state index contributed by atoms with van der Waals surface area (Å²) < 4.78 is 1.68. The predicted octanol–water partition coefficient (Wildman–Crippen LogP) is 1.12. The van der Waals surface area contributed by atoms with E-state index in [2.05, 4.69) is 21.9 Å². The Balaban J connectivity index is 1.54. The topological polar surface area (TPSA) is 73.7 Å². The zero-order valence-corrected chi connectivity index (χ0v) is 15.8. The number of hydrogen-bond donors (Lipinski definition) is 1. The number of carbonyl (C=O) groups excluding carboxylic acids is 1. The first kappa shape index (κ1) is 17.3. The first-order valence-corrected chi connectivity index (χ1v) is 9.52. The van der Waals surface area contributed by atoms with Crippen LogP contribution >= 0.6 is 0 Å². The van der Waals surface area contributed by atoms with Gasteiger partial charge in [0.1, 0.15) is 0 Å². The van der Waals surface area contributed by atoms with Crippen molar-refractivity contribution < 1.29 is 4.79 Å². The maximum Gasteiger partial charge on any atom is 0.266 e. The number of hydrogen-bond acceptors (Lipinski definition) is 4. The molecule has 1 saturated heterocycles. The van der Waals surface area contributed by atoms with E-state index in [0.717, 1.165) is 49.2 Å². The molecule has 4 rings (SSSR count). The minimum absolute atomic E-state index is 0.149. The molecule has 2 fully saturated rings. The first-order chi connectivity index (χ1) is 12.4. The van der Waals surface area contributed by atoms with Crippen molar-refractivity contribution in [2.24, 2.45) is 5.92 Å². The lowest BCUT2D eigenvalue weighted by molar-refractivity contribution is -0.130. The number of nitrogens with zero attached hydrogens (tertiary/aromatic N) is 4. The van der Waals surface area contributed by atoms with E-state index in [9.17, 15) is 9.59 Å². The second-order valence-electron chi connectivity index (χ2n) is 7.92.